The fraction of sp³-hybridized carbons (Fsp3) is 0.636. The molecule has 1 unspecified atom stereocenters. The predicted octanol–water partition coefficient (Wildman–Crippen LogP) is -0.268. The zero-order chi connectivity index (χ0) is 16.5. The Morgan fingerprint density at radius 2 is 2.29 bits per heavy atom. The van der Waals surface area contributed by atoms with Gasteiger partial charge in [0.15, 0.2) is 23.6 Å². The van der Waals surface area contributed by atoms with E-state index in [2.05, 4.69) is 20.3 Å². The summed E-state index contributed by atoms with van der Waals surface area (Å²) in [6, 6.07) is 0. The molecule has 5 rings (SSSR count). The number of phosphoric ester groups is 1. The van der Waals surface area contributed by atoms with Gasteiger partial charge in [-0.05, 0) is 0 Å². The number of aliphatic imine (C=N–C) groups is 1. The van der Waals surface area contributed by atoms with Crippen molar-refractivity contribution >= 4 is 19.5 Å². The number of nitrogens with zero attached hydrogens (tertiary/aromatic N) is 6. The Morgan fingerprint density at radius 3 is 3.17 bits per heavy atom. The molecular weight excluding hydrogens is 343 g/mol. The SMILES string of the molecule is O=P1(O)OC[C@H]2O[C@@H](n3cnc4c3N=NN3CCN=C43)[C@H](O)[C@@H]2O1. The number of aliphatic hydroxyl groups is 1. The lowest BCUT2D eigenvalue weighted by molar-refractivity contribution is -0.0669. The molecule has 2 saturated heterocycles. The minimum absolute atomic E-state index is 0.148. The molecule has 12 nitrogen and oxygen atoms in total. The number of rotatable bonds is 1. The molecule has 0 radical (unpaired) electrons. The molecule has 4 aliphatic rings. The summed E-state index contributed by atoms with van der Waals surface area (Å²) in [4.78, 5) is 18.1. The van der Waals surface area contributed by atoms with Crippen molar-refractivity contribution in [2.24, 2.45) is 15.3 Å². The van der Waals surface area contributed by atoms with Gasteiger partial charge in [0.25, 0.3) is 0 Å². The van der Waals surface area contributed by atoms with E-state index < -0.39 is 32.4 Å². The Kier molecular flexibility index (Phi) is 2.99. The van der Waals surface area contributed by atoms with Gasteiger partial charge in [0.05, 0.1) is 26.0 Å². The van der Waals surface area contributed by atoms with E-state index in [1.165, 1.54) is 10.9 Å². The highest BCUT2D eigenvalue weighted by Gasteiger charge is 2.53. The van der Waals surface area contributed by atoms with Crippen LogP contribution in [0.25, 0.3) is 0 Å². The van der Waals surface area contributed by atoms with Crippen molar-refractivity contribution in [1.82, 2.24) is 14.6 Å². The standard InChI is InChI=1S/C11H13N6O6P/c18-7-8-5(3-21-24(19,20)23-8)22-11(7)16-4-13-6-9-12-1-2-17(9)15-14-10(6)16/h4-5,7-8,11,18H,1-3H2,(H,19,20)/t5-,7-,8-,11-/m1/s1. The van der Waals surface area contributed by atoms with Crippen molar-refractivity contribution in [1.29, 1.82) is 0 Å². The minimum atomic E-state index is -4.17. The van der Waals surface area contributed by atoms with Gasteiger partial charge in [-0.1, -0.05) is 5.22 Å². The molecule has 0 saturated carbocycles. The second kappa shape index (κ2) is 4.91. The topological polar surface area (TPSA) is 143 Å². The monoisotopic (exact) mass is 356 g/mol. The summed E-state index contributed by atoms with van der Waals surface area (Å²) in [7, 11) is -4.17. The van der Waals surface area contributed by atoms with E-state index >= 15 is 0 Å². The number of hydrogen-bond donors (Lipinski definition) is 2. The van der Waals surface area contributed by atoms with Crippen molar-refractivity contribution < 1.29 is 28.3 Å². The molecule has 1 aromatic heterocycles. The van der Waals surface area contributed by atoms with Crippen LogP contribution in [0.1, 0.15) is 11.9 Å². The molecule has 0 bridgehead atoms. The van der Waals surface area contributed by atoms with Gasteiger partial charge >= 0.3 is 7.82 Å². The largest absolute Gasteiger partial charge is 0.472 e. The van der Waals surface area contributed by atoms with Crippen molar-refractivity contribution in [2.75, 3.05) is 19.7 Å². The van der Waals surface area contributed by atoms with Gasteiger partial charge in [-0.2, -0.15) is 0 Å². The first kappa shape index (κ1) is 14.6. The Morgan fingerprint density at radius 1 is 1.42 bits per heavy atom. The molecule has 2 N–H and O–H groups in total. The van der Waals surface area contributed by atoms with E-state index in [1.54, 1.807) is 5.01 Å². The van der Waals surface area contributed by atoms with Crippen molar-refractivity contribution in [3.8, 4) is 0 Å². The molecule has 5 heterocycles. The summed E-state index contributed by atoms with van der Waals surface area (Å²) in [6.45, 7) is 1.12. The quantitative estimate of drug-likeness (QED) is 0.655. The Labute approximate surface area is 135 Å². The highest BCUT2D eigenvalue weighted by atomic mass is 31.2. The van der Waals surface area contributed by atoms with E-state index in [4.69, 9.17) is 13.8 Å². The third-order valence-corrected chi connectivity index (χ3v) is 5.27. The van der Waals surface area contributed by atoms with Crippen LogP contribution in [0, 0.1) is 0 Å². The van der Waals surface area contributed by atoms with Crippen LogP contribution in [0.4, 0.5) is 5.82 Å². The lowest BCUT2D eigenvalue weighted by atomic mass is 10.1. The van der Waals surface area contributed by atoms with E-state index in [9.17, 15) is 14.6 Å². The smallest absolute Gasteiger partial charge is 0.386 e. The first-order valence-electron chi connectivity index (χ1n) is 7.34. The van der Waals surface area contributed by atoms with Crippen LogP contribution in [-0.2, 0) is 18.3 Å². The number of imidazole rings is 1. The first-order valence-corrected chi connectivity index (χ1v) is 8.83. The molecular formula is C11H13N6O6P. The van der Waals surface area contributed by atoms with Crippen molar-refractivity contribution in [3.63, 3.8) is 0 Å². The summed E-state index contributed by atoms with van der Waals surface area (Å²) in [5.74, 6) is 1.03. The summed E-state index contributed by atoms with van der Waals surface area (Å²) in [5, 5.41) is 20.3. The molecule has 4 aliphatic heterocycles. The van der Waals surface area contributed by atoms with Crippen LogP contribution in [-0.4, -0.2) is 68.4 Å². The lowest BCUT2D eigenvalue weighted by Crippen LogP contribution is -2.39. The summed E-state index contributed by atoms with van der Waals surface area (Å²) in [5.41, 5.74) is 0.554. The number of ether oxygens (including phenoxy) is 1. The maximum Gasteiger partial charge on any atom is 0.472 e. The molecule has 2 fully saturated rings. The Bertz CT molecular complexity index is 809. The van der Waals surface area contributed by atoms with Crippen LogP contribution in [0.3, 0.4) is 0 Å². The van der Waals surface area contributed by atoms with Crippen molar-refractivity contribution in [3.05, 3.63) is 12.0 Å². The molecule has 128 valence electrons. The Hall–Kier alpha value is -1.69. The average molecular weight is 356 g/mol. The molecule has 1 aromatic rings. The minimum Gasteiger partial charge on any atom is -0.386 e. The number of amidine groups is 1. The van der Waals surface area contributed by atoms with E-state index in [-0.39, 0.29) is 6.61 Å². The van der Waals surface area contributed by atoms with Crippen LogP contribution in [0.15, 0.2) is 21.7 Å². The number of phosphoric acid groups is 1. The second-order valence-electron chi connectivity index (χ2n) is 5.73. The third-order valence-electron chi connectivity index (χ3n) is 4.29. The normalized spacial score (nSPS) is 40.2. The van der Waals surface area contributed by atoms with E-state index in [1.807, 2.05) is 0 Å². The maximum absolute atomic E-state index is 11.5. The number of aromatic nitrogens is 2. The molecule has 13 heteroatoms. The number of fused-ring (bicyclic) bond motifs is 4. The van der Waals surface area contributed by atoms with Crippen LogP contribution < -0.4 is 0 Å². The van der Waals surface area contributed by atoms with E-state index in [0.29, 0.717) is 30.4 Å². The zero-order valence-electron chi connectivity index (χ0n) is 12.2. The fourth-order valence-corrected chi connectivity index (χ4v) is 4.15. The lowest BCUT2D eigenvalue weighted by Gasteiger charge is -2.27. The maximum atomic E-state index is 11.5. The molecule has 5 atom stereocenters. The molecule has 0 aromatic carbocycles. The van der Waals surface area contributed by atoms with Gasteiger partial charge in [0.2, 0.25) is 0 Å². The van der Waals surface area contributed by atoms with Gasteiger partial charge in [-0.3, -0.25) is 18.6 Å². The van der Waals surface area contributed by atoms with Gasteiger partial charge in [-0.15, -0.1) is 5.11 Å². The van der Waals surface area contributed by atoms with Crippen LogP contribution in [0.5, 0.6) is 0 Å². The summed E-state index contributed by atoms with van der Waals surface area (Å²) < 4.78 is 28.5. The summed E-state index contributed by atoms with van der Waals surface area (Å²) in [6.07, 6.45) is -2.24. The molecule has 24 heavy (non-hydrogen) atoms. The highest BCUT2D eigenvalue weighted by Crippen LogP contribution is 2.52. The summed E-state index contributed by atoms with van der Waals surface area (Å²) >= 11 is 0. The van der Waals surface area contributed by atoms with Crippen LogP contribution >= 0.6 is 7.82 Å². The highest BCUT2D eigenvalue weighted by molar-refractivity contribution is 7.47. The van der Waals surface area contributed by atoms with Crippen LogP contribution in [0.2, 0.25) is 0 Å². The molecule has 0 aliphatic carbocycles. The van der Waals surface area contributed by atoms with Crippen molar-refractivity contribution in [2.45, 2.75) is 24.5 Å². The number of aliphatic hydroxyl groups excluding tert-OH is 1. The van der Waals surface area contributed by atoms with E-state index in [0.717, 1.165) is 0 Å². The zero-order valence-corrected chi connectivity index (χ0v) is 13.1. The Balaban J connectivity index is 1.49. The third kappa shape index (κ3) is 2.01. The van der Waals surface area contributed by atoms with Gasteiger partial charge in [0, 0.05) is 0 Å². The average Bonchev–Trinajstić information content (AvgIpc) is 3.23. The van der Waals surface area contributed by atoms with Gasteiger partial charge in [-0.25, -0.2) is 14.6 Å². The predicted molar refractivity (Wildman–Crippen MR) is 75.4 cm³/mol. The first-order chi connectivity index (χ1) is 11.5. The molecule has 0 spiro atoms. The van der Waals surface area contributed by atoms with Gasteiger partial charge < -0.3 is 14.7 Å². The fourth-order valence-electron chi connectivity index (χ4n) is 3.18. The molecule has 0 amide bonds. The second-order valence-corrected chi connectivity index (χ2v) is 7.14. The number of hydrogen-bond acceptors (Lipinski definition) is 10. The van der Waals surface area contributed by atoms with Gasteiger partial charge in [0.1, 0.15) is 18.3 Å².